The van der Waals surface area contributed by atoms with Crippen molar-refractivity contribution < 1.29 is 23.8 Å². The van der Waals surface area contributed by atoms with Gasteiger partial charge in [0, 0.05) is 23.6 Å². The van der Waals surface area contributed by atoms with Crippen molar-refractivity contribution in [2.45, 2.75) is 26.4 Å². The highest BCUT2D eigenvalue weighted by Gasteiger charge is 2.21. The first-order valence-electron chi connectivity index (χ1n) is 9.60. The van der Waals surface area contributed by atoms with Crippen molar-refractivity contribution in [2.24, 2.45) is 0 Å². The van der Waals surface area contributed by atoms with Crippen molar-refractivity contribution in [2.75, 3.05) is 18.5 Å². The van der Waals surface area contributed by atoms with Gasteiger partial charge in [-0.1, -0.05) is 12.1 Å². The molecule has 1 aliphatic rings. The number of carbonyl (C=O) groups excluding carboxylic acids is 2. The van der Waals surface area contributed by atoms with Crippen LogP contribution in [0, 0.1) is 11.3 Å². The Balaban J connectivity index is 1.60. The van der Waals surface area contributed by atoms with Crippen molar-refractivity contribution in [3.63, 3.8) is 0 Å². The lowest BCUT2D eigenvalue weighted by Crippen LogP contribution is -2.20. The largest absolute Gasteiger partial charge is 0.493 e. The summed E-state index contributed by atoms with van der Waals surface area (Å²) in [5.41, 5.74) is 2.45. The number of anilines is 1. The third-order valence-corrected chi connectivity index (χ3v) is 4.39. The Morgan fingerprint density at radius 3 is 2.90 bits per heavy atom. The third-order valence-electron chi connectivity index (χ3n) is 4.39. The summed E-state index contributed by atoms with van der Waals surface area (Å²) in [6.07, 6.45) is 3.72. The van der Waals surface area contributed by atoms with Gasteiger partial charge in [-0.05, 0) is 44.2 Å². The van der Waals surface area contributed by atoms with Crippen LogP contribution < -0.4 is 14.8 Å². The van der Waals surface area contributed by atoms with Crippen LogP contribution in [0.25, 0.3) is 6.08 Å². The molecule has 1 amide bonds. The van der Waals surface area contributed by atoms with Crippen LogP contribution in [-0.2, 0) is 20.7 Å². The zero-order valence-electron chi connectivity index (χ0n) is 16.8. The van der Waals surface area contributed by atoms with Crippen molar-refractivity contribution in [1.82, 2.24) is 0 Å². The van der Waals surface area contributed by atoms with Crippen LogP contribution in [0.3, 0.4) is 0 Å². The number of amides is 1. The fourth-order valence-corrected chi connectivity index (χ4v) is 3.08. The molecule has 0 aromatic heterocycles. The number of rotatable bonds is 7. The smallest absolute Gasteiger partial charge is 0.331 e. The van der Waals surface area contributed by atoms with E-state index in [1.807, 2.05) is 32.0 Å². The molecular formula is C23H22N2O5. The molecule has 7 heteroatoms. The Labute approximate surface area is 174 Å². The molecule has 1 heterocycles. The molecule has 0 unspecified atom stereocenters. The number of nitrogens with zero attached hydrogens (tertiary/aromatic N) is 1. The summed E-state index contributed by atoms with van der Waals surface area (Å²) >= 11 is 0. The van der Waals surface area contributed by atoms with E-state index < -0.39 is 18.5 Å². The number of para-hydroxylation sites is 1. The van der Waals surface area contributed by atoms with Gasteiger partial charge in [0.1, 0.15) is 23.7 Å². The van der Waals surface area contributed by atoms with E-state index in [1.54, 1.807) is 30.3 Å². The molecule has 2 aromatic rings. The molecule has 2 aromatic carbocycles. The molecule has 0 spiro atoms. The molecule has 7 nitrogen and oxygen atoms in total. The molecule has 3 rings (SSSR count). The molecule has 0 fully saturated rings. The lowest BCUT2D eigenvalue weighted by molar-refractivity contribution is -0.142. The Morgan fingerprint density at radius 1 is 1.33 bits per heavy atom. The topological polar surface area (TPSA) is 97.6 Å². The van der Waals surface area contributed by atoms with Crippen LogP contribution in [0.5, 0.6) is 11.5 Å². The van der Waals surface area contributed by atoms with Crippen LogP contribution in [0.4, 0.5) is 5.69 Å². The average molecular weight is 406 g/mol. The maximum Gasteiger partial charge on any atom is 0.331 e. The highest BCUT2D eigenvalue weighted by Crippen LogP contribution is 2.35. The molecule has 30 heavy (non-hydrogen) atoms. The molecule has 0 bridgehead atoms. The predicted molar refractivity (Wildman–Crippen MR) is 111 cm³/mol. The molecule has 1 N–H and O–H groups in total. The van der Waals surface area contributed by atoms with E-state index in [9.17, 15) is 9.59 Å². The van der Waals surface area contributed by atoms with Gasteiger partial charge in [-0.15, -0.1) is 0 Å². The van der Waals surface area contributed by atoms with Crippen molar-refractivity contribution in [3.05, 3.63) is 59.2 Å². The summed E-state index contributed by atoms with van der Waals surface area (Å²) in [5.74, 6) is 0.226. The van der Waals surface area contributed by atoms with Gasteiger partial charge in [0.2, 0.25) is 0 Å². The Hall–Kier alpha value is -3.79. The Kier molecular flexibility index (Phi) is 6.71. The molecule has 154 valence electrons. The van der Waals surface area contributed by atoms with Gasteiger partial charge in [0.05, 0.1) is 17.9 Å². The van der Waals surface area contributed by atoms with Gasteiger partial charge in [0.25, 0.3) is 5.91 Å². The lowest BCUT2D eigenvalue weighted by Gasteiger charge is -2.10. The number of ether oxygens (including phenoxy) is 3. The van der Waals surface area contributed by atoms with Gasteiger partial charge in [-0.3, -0.25) is 4.79 Å². The van der Waals surface area contributed by atoms with E-state index in [0.29, 0.717) is 29.2 Å². The number of hydrogen-bond acceptors (Lipinski definition) is 6. The minimum Gasteiger partial charge on any atom is -0.493 e. The van der Waals surface area contributed by atoms with E-state index in [0.717, 1.165) is 17.7 Å². The van der Waals surface area contributed by atoms with E-state index in [2.05, 4.69) is 5.32 Å². The van der Waals surface area contributed by atoms with Crippen LogP contribution in [0.15, 0.2) is 42.5 Å². The molecule has 1 atom stereocenters. The standard InChI is InChI=1S/C23H22N2O5/c1-3-28-20-12-18-10-15(2)30-21(18)11-16(20)8-9-23(27)29-14-22(26)25-19-7-5-4-6-17(19)13-24/h4-9,11-12,15H,3,10,14H2,1-2H3,(H,25,26)/b9-8+/t15-/m0/s1. The summed E-state index contributed by atoms with van der Waals surface area (Å²) in [6.45, 7) is 3.90. The average Bonchev–Trinajstić information content (AvgIpc) is 3.10. The zero-order chi connectivity index (χ0) is 21.5. The van der Waals surface area contributed by atoms with Gasteiger partial charge >= 0.3 is 5.97 Å². The van der Waals surface area contributed by atoms with E-state index in [-0.39, 0.29) is 6.10 Å². The van der Waals surface area contributed by atoms with Crippen LogP contribution in [-0.4, -0.2) is 31.2 Å². The lowest BCUT2D eigenvalue weighted by atomic mass is 10.1. The van der Waals surface area contributed by atoms with Crippen molar-refractivity contribution >= 4 is 23.6 Å². The number of nitrogens with one attached hydrogen (secondary N) is 1. The van der Waals surface area contributed by atoms with Crippen molar-refractivity contribution in [1.29, 1.82) is 5.26 Å². The Morgan fingerprint density at radius 2 is 2.13 bits per heavy atom. The van der Waals surface area contributed by atoms with Crippen LogP contribution in [0.1, 0.15) is 30.5 Å². The second kappa shape index (κ2) is 9.61. The number of benzene rings is 2. The van der Waals surface area contributed by atoms with Gasteiger partial charge in [-0.25, -0.2) is 4.79 Å². The number of fused-ring (bicyclic) bond motifs is 1. The molecule has 0 radical (unpaired) electrons. The first kappa shape index (κ1) is 20.9. The van der Waals surface area contributed by atoms with E-state index >= 15 is 0 Å². The summed E-state index contributed by atoms with van der Waals surface area (Å²) in [5, 5.41) is 11.6. The van der Waals surface area contributed by atoms with E-state index in [4.69, 9.17) is 19.5 Å². The summed E-state index contributed by atoms with van der Waals surface area (Å²) in [4.78, 5) is 24.0. The van der Waals surface area contributed by atoms with Crippen LogP contribution >= 0.6 is 0 Å². The summed E-state index contributed by atoms with van der Waals surface area (Å²) in [7, 11) is 0. The number of carbonyl (C=O) groups is 2. The summed E-state index contributed by atoms with van der Waals surface area (Å²) < 4.78 is 16.4. The normalized spacial score (nSPS) is 14.5. The number of esters is 1. The van der Waals surface area contributed by atoms with Gasteiger partial charge in [-0.2, -0.15) is 5.26 Å². The van der Waals surface area contributed by atoms with Gasteiger partial charge < -0.3 is 19.5 Å². The highest BCUT2D eigenvalue weighted by molar-refractivity contribution is 5.95. The predicted octanol–water partition coefficient (Wildman–Crippen LogP) is 3.48. The first-order chi connectivity index (χ1) is 14.5. The maximum absolute atomic E-state index is 12.0. The molecule has 0 saturated heterocycles. The minimum absolute atomic E-state index is 0.100. The Bertz CT molecular complexity index is 1020. The number of hydrogen-bond donors (Lipinski definition) is 1. The second-order valence-electron chi connectivity index (χ2n) is 6.71. The molecule has 0 aliphatic carbocycles. The SMILES string of the molecule is CCOc1cc2c(cc1/C=C/C(=O)OCC(=O)Nc1ccccc1C#N)O[C@@H](C)C2. The maximum atomic E-state index is 12.0. The van der Waals surface area contributed by atoms with Crippen molar-refractivity contribution in [3.8, 4) is 17.6 Å². The highest BCUT2D eigenvalue weighted by atomic mass is 16.5. The van der Waals surface area contributed by atoms with E-state index in [1.165, 1.54) is 6.08 Å². The molecule has 1 aliphatic heterocycles. The monoisotopic (exact) mass is 406 g/mol. The van der Waals surface area contributed by atoms with Gasteiger partial charge in [0.15, 0.2) is 6.61 Å². The zero-order valence-corrected chi connectivity index (χ0v) is 16.8. The summed E-state index contributed by atoms with van der Waals surface area (Å²) in [6, 6.07) is 12.3. The molecular weight excluding hydrogens is 384 g/mol. The third kappa shape index (κ3) is 5.17. The second-order valence-corrected chi connectivity index (χ2v) is 6.71. The fraction of sp³-hybridized carbons (Fsp3) is 0.261. The minimum atomic E-state index is -0.670. The number of nitriles is 1. The van der Waals surface area contributed by atoms with Crippen LogP contribution in [0.2, 0.25) is 0 Å². The fourth-order valence-electron chi connectivity index (χ4n) is 3.08. The first-order valence-corrected chi connectivity index (χ1v) is 9.60. The molecule has 0 saturated carbocycles. The quantitative estimate of drug-likeness (QED) is 0.558.